The zero-order valence-electron chi connectivity index (χ0n) is 14.6. The molecule has 2 aromatic rings. The molecule has 0 saturated heterocycles. The molecule has 0 spiro atoms. The van der Waals surface area contributed by atoms with E-state index in [4.69, 9.17) is 28.0 Å². The maximum Gasteiger partial charge on any atom is 0.435 e. The highest BCUT2D eigenvalue weighted by atomic mass is 79.9. The number of carbonyl (C=O) groups is 1. The highest BCUT2D eigenvalue weighted by molar-refractivity contribution is 9.10. The van der Waals surface area contributed by atoms with Gasteiger partial charge in [-0.15, -0.1) is 0 Å². The van der Waals surface area contributed by atoms with Crippen LogP contribution in [-0.4, -0.2) is 30.1 Å². The van der Waals surface area contributed by atoms with Crippen molar-refractivity contribution in [1.29, 1.82) is 0 Å². The van der Waals surface area contributed by atoms with Crippen molar-refractivity contribution < 1.29 is 27.9 Å². The molecule has 1 aliphatic heterocycles. The van der Waals surface area contributed by atoms with Crippen molar-refractivity contribution in [2.45, 2.75) is 18.2 Å². The van der Waals surface area contributed by atoms with Crippen molar-refractivity contribution >= 4 is 56.6 Å². The first kappa shape index (κ1) is 21.7. The molecule has 11 heteroatoms. The Balaban J connectivity index is 1.98. The maximum atomic E-state index is 14.0. The number of aromatic carboxylic acids is 1. The Labute approximate surface area is 181 Å². The predicted molar refractivity (Wildman–Crippen MR) is 107 cm³/mol. The average molecular weight is 512 g/mol. The Morgan fingerprint density at radius 3 is 2.41 bits per heavy atom. The second-order valence-electron chi connectivity index (χ2n) is 6.29. The first-order valence-corrected chi connectivity index (χ1v) is 9.54. The van der Waals surface area contributed by atoms with Gasteiger partial charge in [0.15, 0.2) is 5.84 Å². The number of carboxylic acid groups (broad SMARTS) is 1. The van der Waals surface area contributed by atoms with Crippen molar-refractivity contribution in [3.63, 3.8) is 0 Å². The minimum Gasteiger partial charge on any atom is -0.478 e. The minimum absolute atomic E-state index is 0.0283. The summed E-state index contributed by atoms with van der Waals surface area (Å²) < 4.78 is 42.5. The number of alkyl halides is 3. The van der Waals surface area contributed by atoms with Crippen molar-refractivity contribution in [1.82, 2.24) is 0 Å². The van der Waals surface area contributed by atoms with Gasteiger partial charge < -0.3 is 14.8 Å². The van der Waals surface area contributed by atoms with Crippen LogP contribution in [0.4, 0.5) is 18.9 Å². The lowest BCUT2D eigenvalue weighted by molar-refractivity contribution is -0.275. The second kappa shape index (κ2) is 7.70. The van der Waals surface area contributed by atoms with Crippen LogP contribution in [0.2, 0.25) is 10.0 Å². The summed E-state index contributed by atoms with van der Waals surface area (Å²) in [5, 5.41) is 12.9. The summed E-state index contributed by atoms with van der Waals surface area (Å²) in [7, 11) is 1.47. The van der Waals surface area contributed by atoms with Gasteiger partial charge in [0.05, 0.1) is 12.0 Å². The summed E-state index contributed by atoms with van der Waals surface area (Å²) in [5.74, 6) is -1.23. The van der Waals surface area contributed by atoms with E-state index in [1.165, 1.54) is 30.1 Å². The molecule has 2 aromatic carbocycles. The summed E-state index contributed by atoms with van der Waals surface area (Å²) in [6.45, 7) is 0. The zero-order valence-corrected chi connectivity index (χ0v) is 17.7. The van der Waals surface area contributed by atoms with E-state index in [-0.39, 0.29) is 27.0 Å². The molecule has 0 amide bonds. The van der Waals surface area contributed by atoms with Gasteiger partial charge in [-0.3, -0.25) is 0 Å². The van der Waals surface area contributed by atoms with Gasteiger partial charge in [0.25, 0.3) is 5.60 Å². The van der Waals surface area contributed by atoms with E-state index in [0.29, 0.717) is 10.2 Å². The van der Waals surface area contributed by atoms with Gasteiger partial charge in [-0.2, -0.15) is 13.2 Å². The maximum absolute atomic E-state index is 14.0. The highest BCUT2D eigenvalue weighted by Crippen LogP contribution is 2.49. The molecule has 154 valence electrons. The van der Waals surface area contributed by atoms with Gasteiger partial charge in [0, 0.05) is 32.8 Å². The van der Waals surface area contributed by atoms with E-state index >= 15 is 0 Å². The van der Waals surface area contributed by atoms with Crippen LogP contribution in [0.5, 0.6) is 0 Å². The molecule has 5 nitrogen and oxygen atoms in total. The van der Waals surface area contributed by atoms with Crippen LogP contribution in [-0.2, 0) is 10.4 Å². The molecule has 3 rings (SSSR count). The van der Waals surface area contributed by atoms with Gasteiger partial charge in [-0.1, -0.05) is 28.4 Å². The van der Waals surface area contributed by atoms with Crippen LogP contribution in [0.25, 0.3) is 0 Å². The molecule has 0 aliphatic carbocycles. The Kier molecular flexibility index (Phi) is 5.77. The molecule has 1 heterocycles. The molecule has 0 radical (unpaired) electrons. The standard InChI is InChI=1S/C18H12BrCl2F3N2O3/c1-26(12-2-3-14(19)13(7-12)16(27)28)15-8-17(29-25-15,18(22,23)24)9-4-10(20)6-11(21)5-9/h2-7H,8H2,1H3,(H,27,28). The first-order chi connectivity index (χ1) is 13.4. The zero-order chi connectivity index (χ0) is 21.6. The average Bonchev–Trinajstić information content (AvgIpc) is 3.07. The van der Waals surface area contributed by atoms with Gasteiger partial charge in [0.1, 0.15) is 0 Å². The Morgan fingerprint density at radius 2 is 1.86 bits per heavy atom. The number of rotatable bonds is 3. The fourth-order valence-corrected chi connectivity index (χ4v) is 3.83. The lowest BCUT2D eigenvalue weighted by Crippen LogP contribution is -2.44. The van der Waals surface area contributed by atoms with E-state index in [1.807, 2.05) is 0 Å². The summed E-state index contributed by atoms with van der Waals surface area (Å²) in [5.41, 5.74) is -2.76. The highest BCUT2D eigenvalue weighted by Gasteiger charge is 2.63. The molecular formula is C18H12BrCl2F3N2O3. The topological polar surface area (TPSA) is 62.1 Å². The van der Waals surface area contributed by atoms with Gasteiger partial charge in [0.2, 0.25) is 0 Å². The van der Waals surface area contributed by atoms with Gasteiger partial charge in [-0.25, -0.2) is 4.79 Å². The monoisotopic (exact) mass is 510 g/mol. The van der Waals surface area contributed by atoms with Crippen molar-refractivity contribution in [3.05, 3.63) is 62.0 Å². The first-order valence-electron chi connectivity index (χ1n) is 7.99. The van der Waals surface area contributed by atoms with E-state index < -0.39 is 24.2 Å². The van der Waals surface area contributed by atoms with E-state index in [0.717, 1.165) is 12.1 Å². The molecule has 1 atom stereocenters. The van der Waals surface area contributed by atoms with Crippen LogP contribution in [0.1, 0.15) is 22.3 Å². The summed E-state index contributed by atoms with van der Waals surface area (Å²) in [4.78, 5) is 17.6. The summed E-state index contributed by atoms with van der Waals surface area (Å²) in [6, 6.07) is 7.92. The quantitative estimate of drug-likeness (QED) is 0.542. The molecule has 0 fully saturated rings. The number of carboxylic acids is 1. The van der Waals surface area contributed by atoms with Crippen LogP contribution >= 0.6 is 39.1 Å². The molecular weight excluding hydrogens is 500 g/mol. The minimum atomic E-state index is -4.82. The van der Waals surface area contributed by atoms with Crippen molar-refractivity contribution in [2.75, 3.05) is 11.9 Å². The Bertz CT molecular complexity index is 996. The van der Waals surface area contributed by atoms with Gasteiger partial charge >= 0.3 is 12.1 Å². The molecule has 1 unspecified atom stereocenters. The molecule has 0 bridgehead atoms. The van der Waals surface area contributed by atoms with Crippen LogP contribution in [0.15, 0.2) is 46.0 Å². The lowest BCUT2D eigenvalue weighted by atomic mass is 9.89. The number of oxime groups is 1. The number of hydrogen-bond acceptors (Lipinski definition) is 4. The van der Waals surface area contributed by atoms with Crippen molar-refractivity contribution in [3.8, 4) is 0 Å². The third-order valence-electron chi connectivity index (χ3n) is 4.46. The van der Waals surface area contributed by atoms with Crippen LogP contribution < -0.4 is 4.90 Å². The molecule has 29 heavy (non-hydrogen) atoms. The molecule has 1 N–H and O–H groups in total. The van der Waals surface area contributed by atoms with Crippen LogP contribution in [0.3, 0.4) is 0 Å². The van der Waals surface area contributed by atoms with Crippen LogP contribution in [0, 0.1) is 0 Å². The fraction of sp³-hybridized carbons (Fsp3) is 0.222. The molecule has 0 aromatic heterocycles. The Hall–Kier alpha value is -1.97. The fourth-order valence-electron chi connectivity index (χ4n) is 2.89. The number of halogens is 6. The molecule has 0 saturated carbocycles. The number of anilines is 1. The largest absolute Gasteiger partial charge is 0.478 e. The summed E-state index contributed by atoms with van der Waals surface area (Å²) in [6.07, 6.45) is -5.47. The predicted octanol–water partition coefficient (Wildman–Crippen LogP) is 6.08. The SMILES string of the molecule is CN(C1=NOC(c2cc(Cl)cc(Cl)c2)(C(F)(F)F)C1)c1ccc(Br)c(C(=O)O)c1. The number of benzene rings is 2. The second-order valence-corrected chi connectivity index (χ2v) is 8.01. The normalized spacial score (nSPS) is 18.9. The third kappa shape index (κ3) is 4.04. The van der Waals surface area contributed by atoms with E-state index in [1.54, 1.807) is 6.07 Å². The smallest absolute Gasteiger partial charge is 0.435 e. The lowest BCUT2D eigenvalue weighted by Gasteiger charge is -2.30. The van der Waals surface area contributed by atoms with Crippen molar-refractivity contribution in [2.24, 2.45) is 5.16 Å². The third-order valence-corrected chi connectivity index (χ3v) is 5.58. The van der Waals surface area contributed by atoms with Gasteiger partial charge in [-0.05, 0) is 52.3 Å². The van der Waals surface area contributed by atoms with E-state index in [9.17, 15) is 23.1 Å². The number of hydrogen-bond donors (Lipinski definition) is 1. The number of nitrogens with zero attached hydrogens (tertiary/aromatic N) is 2. The van der Waals surface area contributed by atoms with E-state index in [2.05, 4.69) is 21.1 Å². The Morgan fingerprint density at radius 1 is 1.24 bits per heavy atom. The number of amidine groups is 1. The molecule has 1 aliphatic rings. The summed E-state index contributed by atoms with van der Waals surface area (Å²) >= 11 is 14.9.